The van der Waals surface area contributed by atoms with Crippen LogP contribution in [0.1, 0.15) is 41.4 Å². The van der Waals surface area contributed by atoms with Crippen LogP contribution < -0.4 is 5.32 Å². The van der Waals surface area contributed by atoms with E-state index in [9.17, 15) is 4.79 Å². The zero-order valence-electron chi connectivity index (χ0n) is 17.3. The maximum Gasteiger partial charge on any atom is 0.254 e. The van der Waals surface area contributed by atoms with E-state index in [2.05, 4.69) is 44.2 Å². The first-order chi connectivity index (χ1) is 14.7. The Morgan fingerprint density at radius 3 is 2.47 bits per heavy atom. The number of aromatic nitrogens is 3. The van der Waals surface area contributed by atoms with Crippen LogP contribution in [0.3, 0.4) is 0 Å². The Morgan fingerprint density at radius 2 is 1.77 bits per heavy atom. The third-order valence-corrected chi connectivity index (χ3v) is 5.59. The van der Waals surface area contributed by atoms with E-state index >= 15 is 0 Å². The second kappa shape index (κ2) is 9.59. The Morgan fingerprint density at radius 1 is 1.03 bits per heavy atom. The molecule has 0 bridgehead atoms. The number of pyridine rings is 1. The van der Waals surface area contributed by atoms with Crippen molar-refractivity contribution in [1.29, 1.82) is 0 Å². The summed E-state index contributed by atoms with van der Waals surface area (Å²) >= 11 is 0. The minimum atomic E-state index is -0.103. The number of amides is 1. The molecule has 1 N–H and O–H groups in total. The van der Waals surface area contributed by atoms with E-state index in [1.165, 1.54) is 5.56 Å². The molecule has 0 radical (unpaired) electrons. The second-order valence-electron chi connectivity index (χ2n) is 7.65. The van der Waals surface area contributed by atoms with E-state index in [1.807, 2.05) is 36.5 Å². The van der Waals surface area contributed by atoms with Crippen LogP contribution in [0.4, 0.5) is 0 Å². The van der Waals surface area contributed by atoms with Crippen molar-refractivity contribution >= 4 is 5.91 Å². The Balaban J connectivity index is 1.31. The molecule has 0 unspecified atom stereocenters. The molecule has 3 heterocycles. The van der Waals surface area contributed by atoms with Gasteiger partial charge in [-0.25, -0.2) is 9.97 Å². The molecule has 4 rings (SSSR count). The first kappa shape index (κ1) is 20.2. The number of nitrogens with zero attached hydrogens (tertiary/aromatic N) is 4. The van der Waals surface area contributed by atoms with Gasteiger partial charge in [0.25, 0.3) is 5.91 Å². The van der Waals surface area contributed by atoms with Crippen LogP contribution in [0, 0.1) is 0 Å². The number of nitrogens with one attached hydrogen (secondary N) is 1. The van der Waals surface area contributed by atoms with Gasteiger partial charge < -0.3 is 5.32 Å². The molecule has 30 heavy (non-hydrogen) atoms. The summed E-state index contributed by atoms with van der Waals surface area (Å²) in [6, 6.07) is 14.3. The number of carbonyl (C=O) groups excluding carboxylic acids is 1. The van der Waals surface area contributed by atoms with Crippen LogP contribution >= 0.6 is 0 Å². The first-order valence-corrected chi connectivity index (χ1v) is 10.6. The van der Waals surface area contributed by atoms with E-state index in [-0.39, 0.29) is 11.9 Å². The van der Waals surface area contributed by atoms with Gasteiger partial charge in [0.2, 0.25) is 0 Å². The number of hydrogen-bond acceptors (Lipinski definition) is 5. The summed E-state index contributed by atoms with van der Waals surface area (Å²) in [7, 11) is 0. The van der Waals surface area contributed by atoms with Gasteiger partial charge in [0.1, 0.15) is 0 Å². The van der Waals surface area contributed by atoms with Gasteiger partial charge in [-0.15, -0.1) is 0 Å². The number of benzene rings is 1. The molecule has 3 aromatic rings. The van der Waals surface area contributed by atoms with Gasteiger partial charge in [-0.05, 0) is 37.0 Å². The lowest BCUT2D eigenvalue weighted by molar-refractivity contribution is 0.0908. The molecule has 6 nitrogen and oxygen atoms in total. The van der Waals surface area contributed by atoms with Crippen LogP contribution in [-0.4, -0.2) is 44.9 Å². The fraction of sp³-hybridized carbons (Fsp3) is 0.333. The van der Waals surface area contributed by atoms with Gasteiger partial charge in [0, 0.05) is 49.8 Å². The number of aryl methyl sites for hydroxylation is 1. The molecule has 0 saturated carbocycles. The summed E-state index contributed by atoms with van der Waals surface area (Å²) in [5.74, 6) is 0.556. The molecule has 1 aromatic carbocycles. The number of rotatable bonds is 6. The third kappa shape index (κ3) is 4.89. The predicted molar refractivity (Wildman–Crippen MR) is 117 cm³/mol. The largest absolute Gasteiger partial charge is 0.349 e. The Hall–Kier alpha value is -3.12. The molecule has 6 heteroatoms. The number of piperidine rings is 1. The zero-order valence-corrected chi connectivity index (χ0v) is 17.3. The van der Waals surface area contributed by atoms with Crippen LogP contribution in [0.5, 0.6) is 0 Å². The van der Waals surface area contributed by atoms with Crippen LogP contribution in [0.25, 0.3) is 11.4 Å². The summed E-state index contributed by atoms with van der Waals surface area (Å²) in [6.45, 7) is 4.87. The van der Waals surface area contributed by atoms with E-state index in [0.717, 1.165) is 50.2 Å². The van der Waals surface area contributed by atoms with E-state index in [0.29, 0.717) is 11.4 Å². The maximum atomic E-state index is 12.6. The van der Waals surface area contributed by atoms with Gasteiger partial charge in [-0.2, -0.15) is 0 Å². The van der Waals surface area contributed by atoms with Crippen molar-refractivity contribution in [2.24, 2.45) is 0 Å². The van der Waals surface area contributed by atoms with Gasteiger partial charge in [0.05, 0.1) is 11.3 Å². The predicted octanol–water partition coefficient (Wildman–Crippen LogP) is 3.50. The summed E-state index contributed by atoms with van der Waals surface area (Å²) < 4.78 is 0. The molecule has 154 valence electrons. The lowest BCUT2D eigenvalue weighted by Gasteiger charge is -2.32. The molecule has 1 aliphatic rings. The minimum absolute atomic E-state index is 0.103. The molecule has 0 atom stereocenters. The average Bonchev–Trinajstić information content (AvgIpc) is 2.81. The highest BCUT2D eigenvalue weighted by Crippen LogP contribution is 2.20. The van der Waals surface area contributed by atoms with Crippen molar-refractivity contribution < 1.29 is 4.79 Å². The highest BCUT2D eigenvalue weighted by Gasteiger charge is 2.21. The van der Waals surface area contributed by atoms with Crippen LogP contribution in [-0.2, 0) is 13.0 Å². The van der Waals surface area contributed by atoms with E-state index < -0.39 is 0 Å². The molecule has 1 amide bonds. The molecule has 1 fully saturated rings. The average molecular weight is 402 g/mol. The highest BCUT2D eigenvalue weighted by molar-refractivity contribution is 5.93. The van der Waals surface area contributed by atoms with Crippen molar-refractivity contribution in [1.82, 2.24) is 25.2 Å². The monoisotopic (exact) mass is 401 g/mol. The first-order valence-electron chi connectivity index (χ1n) is 10.6. The third-order valence-electron chi connectivity index (χ3n) is 5.59. The molecule has 2 aromatic heterocycles. The van der Waals surface area contributed by atoms with Gasteiger partial charge in [-0.1, -0.05) is 37.3 Å². The fourth-order valence-electron chi connectivity index (χ4n) is 3.86. The molecule has 0 spiro atoms. The topological polar surface area (TPSA) is 71.0 Å². The van der Waals surface area contributed by atoms with Crippen molar-refractivity contribution in [3.8, 4) is 11.4 Å². The summed E-state index contributed by atoms with van der Waals surface area (Å²) in [4.78, 5) is 28.3. The lowest BCUT2D eigenvalue weighted by Crippen LogP contribution is -2.44. The quantitative estimate of drug-likeness (QED) is 0.685. The minimum Gasteiger partial charge on any atom is -0.349 e. The standard InChI is InChI=1S/C24H27N5O/c1-2-18-7-3-4-9-22(18)23-26-15-19(16-27-23)24(30)28-20-10-13-29(14-11-20)17-21-8-5-6-12-25-21/h3-9,12,15-16,20H,2,10-11,13-14,17H2,1H3,(H,28,30). The smallest absolute Gasteiger partial charge is 0.254 e. The Bertz CT molecular complexity index is 966. The lowest BCUT2D eigenvalue weighted by atomic mass is 10.0. The zero-order chi connectivity index (χ0) is 20.8. The van der Waals surface area contributed by atoms with Crippen molar-refractivity contribution in [3.63, 3.8) is 0 Å². The fourth-order valence-corrected chi connectivity index (χ4v) is 3.86. The summed E-state index contributed by atoms with van der Waals surface area (Å²) in [5, 5.41) is 3.14. The molecule has 1 aliphatic heterocycles. The Kier molecular flexibility index (Phi) is 6.44. The Labute approximate surface area is 177 Å². The number of carbonyl (C=O) groups is 1. The number of hydrogen-bond donors (Lipinski definition) is 1. The van der Waals surface area contributed by atoms with Gasteiger partial charge >= 0.3 is 0 Å². The molecule has 1 saturated heterocycles. The van der Waals surface area contributed by atoms with E-state index in [4.69, 9.17) is 0 Å². The van der Waals surface area contributed by atoms with Crippen LogP contribution in [0.15, 0.2) is 61.1 Å². The second-order valence-corrected chi connectivity index (χ2v) is 7.65. The molecular weight excluding hydrogens is 374 g/mol. The molecular formula is C24H27N5O. The van der Waals surface area contributed by atoms with E-state index in [1.54, 1.807) is 12.4 Å². The van der Waals surface area contributed by atoms with Crippen molar-refractivity contribution in [2.45, 2.75) is 38.8 Å². The molecule has 0 aliphatic carbocycles. The highest BCUT2D eigenvalue weighted by atomic mass is 16.1. The summed E-state index contributed by atoms with van der Waals surface area (Å²) in [5.41, 5.74) is 3.81. The normalized spacial score (nSPS) is 15.1. The number of likely N-dealkylation sites (tertiary alicyclic amines) is 1. The van der Waals surface area contributed by atoms with Crippen molar-refractivity contribution in [2.75, 3.05) is 13.1 Å². The van der Waals surface area contributed by atoms with Crippen molar-refractivity contribution in [3.05, 3.63) is 77.9 Å². The maximum absolute atomic E-state index is 12.6. The summed E-state index contributed by atoms with van der Waals surface area (Å²) in [6.07, 6.45) is 7.86. The van der Waals surface area contributed by atoms with Gasteiger partial charge in [0.15, 0.2) is 5.82 Å². The van der Waals surface area contributed by atoms with Crippen LogP contribution in [0.2, 0.25) is 0 Å². The SMILES string of the molecule is CCc1ccccc1-c1ncc(C(=O)NC2CCN(Cc3ccccn3)CC2)cn1. The van der Waals surface area contributed by atoms with Gasteiger partial charge in [-0.3, -0.25) is 14.7 Å².